The van der Waals surface area contributed by atoms with Gasteiger partial charge in [0.15, 0.2) is 11.6 Å². The summed E-state index contributed by atoms with van der Waals surface area (Å²) >= 11 is 0. The lowest BCUT2D eigenvalue weighted by Gasteiger charge is -2.23. The van der Waals surface area contributed by atoms with Crippen molar-refractivity contribution < 1.29 is 18.4 Å². The molecular weight excluding hydrogens is 352 g/mol. The molecule has 3 aromatic rings. The largest absolute Gasteiger partial charge is 0.310 e. The van der Waals surface area contributed by atoms with E-state index in [1.54, 1.807) is 37.3 Å². The van der Waals surface area contributed by atoms with Gasteiger partial charge in [-0.05, 0) is 19.1 Å². The van der Waals surface area contributed by atoms with Crippen LogP contribution in [0.3, 0.4) is 0 Å². The summed E-state index contributed by atoms with van der Waals surface area (Å²) < 4.78 is 28.7. The number of ketones is 1. The highest BCUT2D eigenvalue weighted by atomic mass is 19.1. The number of aryl methyl sites for hydroxylation is 1. The van der Waals surface area contributed by atoms with E-state index in [1.165, 1.54) is 10.7 Å². The molecule has 27 heavy (non-hydrogen) atoms. The number of fused-ring (bicyclic) bond motifs is 1. The van der Waals surface area contributed by atoms with Gasteiger partial charge >= 0.3 is 0 Å². The van der Waals surface area contributed by atoms with Crippen LogP contribution in [0.4, 0.5) is 14.6 Å². The summed E-state index contributed by atoms with van der Waals surface area (Å²) in [6.07, 6.45) is -0.0147. The highest BCUT2D eigenvalue weighted by molar-refractivity contribution is 6.07. The van der Waals surface area contributed by atoms with Gasteiger partial charge in [0.1, 0.15) is 17.3 Å². The van der Waals surface area contributed by atoms with Crippen molar-refractivity contribution in [1.82, 2.24) is 9.78 Å². The Bertz CT molecular complexity index is 1060. The first-order valence-corrected chi connectivity index (χ1v) is 8.39. The van der Waals surface area contributed by atoms with Crippen LogP contribution in [0.25, 0.3) is 5.69 Å². The lowest BCUT2D eigenvalue weighted by molar-refractivity contribution is -0.116. The predicted molar refractivity (Wildman–Crippen MR) is 95.0 cm³/mol. The number of carbonyl (C=O) groups is 2. The molecule has 7 heteroatoms. The highest BCUT2D eigenvalue weighted by Crippen LogP contribution is 2.38. The number of nitrogens with one attached hydrogen (secondary N) is 1. The first-order chi connectivity index (χ1) is 13.0. The zero-order valence-electron chi connectivity index (χ0n) is 14.4. The molecule has 1 aliphatic rings. The second kappa shape index (κ2) is 6.42. The fraction of sp³-hybridized carbons (Fsp3) is 0.150. The topological polar surface area (TPSA) is 64.0 Å². The second-order valence-corrected chi connectivity index (χ2v) is 6.39. The third-order valence-corrected chi connectivity index (χ3v) is 4.62. The van der Waals surface area contributed by atoms with Crippen LogP contribution < -0.4 is 5.32 Å². The highest BCUT2D eigenvalue weighted by Gasteiger charge is 2.36. The summed E-state index contributed by atoms with van der Waals surface area (Å²) in [6.45, 7) is 1.69. The number of benzene rings is 2. The Morgan fingerprint density at radius 1 is 1.19 bits per heavy atom. The van der Waals surface area contributed by atoms with Crippen molar-refractivity contribution in [2.24, 2.45) is 0 Å². The lowest BCUT2D eigenvalue weighted by Crippen LogP contribution is -2.28. The Kier molecular flexibility index (Phi) is 4.07. The van der Waals surface area contributed by atoms with Gasteiger partial charge in [0, 0.05) is 23.6 Å². The van der Waals surface area contributed by atoms with E-state index in [1.807, 2.05) is 0 Å². The van der Waals surface area contributed by atoms with Crippen molar-refractivity contribution in [2.75, 3.05) is 5.32 Å². The van der Waals surface area contributed by atoms with E-state index < -0.39 is 17.6 Å². The fourth-order valence-electron chi connectivity index (χ4n) is 3.40. The molecular formula is C20H15F2N3O2. The number of halogens is 2. The Labute approximate surface area is 153 Å². The zero-order valence-corrected chi connectivity index (χ0v) is 14.4. The second-order valence-electron chi connectivity index (χ2n) is 6.39. The van der Waals surface area contributed by atoms with Crippen molar-refractivity contribution >= 4 is 17.5 Å². The normalized spacial score (nSPS) is 16.0. The first kappa shape index (κ1) is 17.1. The van der Waals surface area contributed by atoms with Crippen LogP contribution in [0, 0.1) is 18.6 Å². The Morgan fingerprint density at radius 3 is 2.63 bits per heavy atom. The lowest BCUT2D eigenvalue weighted by atomic mass is 9.85. The molecule has 0 aliphatic carbocycles. The molecule has 1 N–H and O–H groups in total. The maximum Gasteiger partial charge on any atom is 0.226 e. The van der Waals surface area contributed by atoms with E-state index in [4.69, 9.17) is 0 Å². The summed E-state index contributed by atoms with van der Waals surface area (Å²) in [5.74, 6) is -2.56. The molecule has 5 nitrogen and oxygen atoms in total. The predicted octanol–water partition coefficient (Wildman–Crippen LogP) is 3.77. The van der Waals surface area contributed by atoms with Crippen LogP contribution in [0.5, 0.6) is 0 Å². The molecule has 136 valence electrons. The van der Waals surface area contributed by atoms with Gasteiger partial charge < -0.3 is 5.32 Å². The fourth-order valence-corrected chi connectivity index (χ4v) is 3.40. The SMILES string of the molecule is Cc1nn(-c2ccc(F)cc2F)c2c1C(C(=O)c1ccccc1)CC(=O)N2. The van der Waals surface area contributed by atoms with Gasteiger partial charge in [0.25, 0.3) is 0 Å². The molecule has 0 radical (unpaired) electrons. The van der Waals surface area contributed by atoms with E-state index in [0.717, 1.165) is 12.1 Å². The van der Waals surface area contributed by atoms with Crippen molar-refractivity contribution in [1.29, 1.82) is 0 Å². The molecule has 1 aliphatic heterocycles. The Balaban J connectivity index is 1.85. The van der Waals surface area contributed by atoms with Crippen molar-refractivity contribution in [3.63, 3.8) is 0 Å². The molecule has 1 atom stereocenters. The van der Waals surface area contributed by atoms with Crippen molar-refractivity contribution in [3.8, 4) is 5.69 Å². The van der Waals surface area contributed by atoms with E-state index >= 15 is 0 Å². The third kappa shape index (κ3) is 2.91. The number of carbonyl (C=O) groups excluding carboxylic acids is 2. The molecule has 2 aromatic carbocycles. The van der Waals surface area contributed by atoms with Gasteiger partial charge in [-0.1, -0.05) is 30.3 Å². The Morgan fingerprint density at radius 2 is 1.93 bits per heavy atom. The standard InChI is InChI=1S/C20H15F2N3O2/c1-11-18-14(19(27)12-5-3-2-4-6-12)10-17(26)23-20(18)25(24-11)16-8-7-13(21)9-15(16)22/h2-9,14H,10H2,1H3,(H,23,26). The van der Waals surface area contributed by atoms with Crippen molar-refractivity contribution in [2.45, 2.75) is 19.3 Å². The minimum absolute atomic E-state index is 0.00569. The van der Waals surface area contributed by atoms with Crippen molar-refractivity contribution in [3.05, 3.63) is 77.0 Å². The molecule has 0 saturated carbocycles. The number of amides is 1. The van der Waals surface area contributed by atoms with Crippen LogP contribution in [0.1, 0.15) is 34.0 Å². The number of aromatic nitrogens is 2. The van der Waals surface area contributed by atoms with Crippen LogP contribution in [0.15, 0.2) is 48.5 Å². The van der Waals surface area contributed by atoms with Crippen LogP contribution >= 0.6 is 0 Å². The van der Waals surface area contributed by atoms with Crippen LogP contribution in [-0.2, 0) is 4.79 Å². The number of hydrogen-bond donors (Lipinski definition) is 1. The molecule has 0 spiro atoms. The molecule has 2 heterocycles. The first-order valence-electron chi connectivity index (χ1n) is 8.39. The number of Topliss-reactive ketones (excluding diaryl/α,β-unsaturated/α-hetero) is 1. The zero-order chi connectivity index (χ0) is 19.1. The maximum absolute atomic E-state index is 14.3. The number of nitrogens with zero attached hydrogens (tertiary/aromatic N) is 2. The van der Waals surface area contributed by atoms with Gasteiger partial charge in [-0.15, -0.1) is 0 Å². The van der Waals surface area contributed by atoms with E-state index in [-0.39, 0.29) is 29.6 Å². The van der Waals surface area contributed by atoms with E-state index in [0.29, 0.717) is 16.8 Å². The minimum atomic E-state index is -0.814. The summed E-state index contributed by atoms with van der Waals surface area (Å²) in [6, 6.07) is 11.8. The molecule has 4 rings (SSSR count). The number of anilines is 1. The molecule has 0 bridgehead atoms. The third-order valence-electron chi connectivity index (χ3n) is 4.62. The van der Waals surface area contributed by atoms with E-state index in [2.05, 4.69) is 10.4 Å². The summed E-state index contributed by atoms with van der Waals surface area (Å²) in [4.78, 5) is 25.2. The minimum Gasteiger partial charge on any atom is -0.310 e. The monoisotopic (exact) mass is 367 g/mol. The molecule has 0 saturated heterocycles. The van der Waals surface area contributed by atoms with Gasteiger partial charge in [-0.3, -0.25) is 9.59 Å². The van der Waals surface area contributed by atoms with Gasteiger partial charge in [-0.25, -0.2) is 13.5 Å². The quantitative estimate of drug-likeness (QED) is 0.717. The molecule has 1 amide bonds. The van der Waals surface area contributed by atoms with Crippen LogP contribution in [-0.4, -0.2) is 21.5 Å². The van der Waals surface area contributed by atoms with Gasteiger partial charge in [-0.2, -0.15) is 5.10 Å². The van der Waals surface area contributed by atoms with Gasteiger partial charge in [0.2, 0.25) is 5.91 Å². The van der Waals surface area contributed by atoms with E-state index in [9.17, 15) is 18.4 Å². The average molecular weight is 367 g/mol. The molecule has 1 unspecified atom stereocenters. The molecule has 0 fully saturated rings. The summed E-state index contributed by atoms with van der Waals surface area (Å²) in [5.41, 5.74) is 1.53. The summed E-state index contributed by atoms with van der Waals surface area (Å²) in [5, 5.41) is 6.98. The smallest absolute Gasteiger partial charge is 0.226 e. The molecule has 1 aromatic heterocycles. The number of hydrogen-bond acceptors (Lipinski definition) is 3. The summed E-state index contributed by atoms with van der Waals surface area (Å²) in [7, 11) is 0. The maximum atomic E-state index is 14.3. The Hall–Kier alpha value is -3.35. The van der Waals surface area contributed by atoms with Crippen LogP contribution in [0.2, 0.25) is 0 Å². The van der Waals surface area contributed by atoms with Gasteiger partial charge in [0.05, 0.1) is 11.6 Å². The average Bonchev–Trinajstić information content (AvgIpc) is 2.97. The number of rotatable bonds is 3.